The van der Waals surface area contributed by atoms with Crippen LogP contribution in [0.2, 0.25) is 0 Å². The van der Waals surface area contributed by atoms with Crippen molar-refractivity contribution in [3.05, 3.63) is 0 Å². The van der Waals surface area contributed by atoms with Crippen LogP contribution in [0.4, 0.5) is 0 Å². The first kappa shape index (κ1) is 8.96. The lowest BCUT2D eigenvalue weighted by molar-refractivity contribution is 0.500. The van der Waals surface area contributed by atoms with Crippen LogP contribution in [0.3, 0.4) is 0 Å². The van der Waals surface area contributed by atoms with Gasteiger partial charge in [-0.05, 0) is 25.4 Å². The van der Waals surface area contributed by atoms with Crippen LogP contribution < -0.4 is 5.32 Å². The molecule has 9 heavy (non-hydrogen) atoms. The summed E-state index contributed by atoms with van der Waals surface area (Å²) < 4.78 is 0. The third-order valence-corrected chi connectivity index (χ3v) is 1.62. The largest absolute Gasteiger partial charge is 0.316 e. The summed E-state index contributed by atoms with van der Waals surface area (Å²) in [5.74, 6) is 0.844. The van der Waals surface area contributed by atoms with Crippen LogP contribution in [0.15, 0.2) is 0 Å². The molecule has 0 aliphatic heterocycles. The lowest BCUT2D eigenvalue weighted by Gasteiger charge is -2.07. The minimum atomic E-state index is 0.844. The Morgan fingerprint density at radius 2 is 2.00 bits per heavy atom. The summed E-state index contributed by atoms with van der Waals surface area (Å²) in [4.78, 5) is 0. The standard InChI is InChI=1S/C8H19N/c1-4-6-9-7-8(3)5-2/h8-9H,4-7H2,1-3H3/t8-/m1/s1. The van der Waals surface area contributed by atoms with Crippen LogP contribution in [0.1, 0.15) is 33.6 Å². The lowest BCUT2D eigenvalue weighted by Crippen LogP contribution is -2.21. The number of nitrogens with one attached hydrogen (secondary N) is 1. The summed E-state index contributed by atoms with van der Waals surface area (Å²) in [6.07, 6.45) is 2.53. The molecule has 0 saturated carbocycles. The molecule has 0 bridgehead atoms. The molecule has 0 spiro atoms. The van der Waals surface area contributed by atoms with E-state index in [1.807, 2.05) is 0 Å². The molecule has 1 heteroatoms. The first-order valence-electron chi connectivity index (χ1n) is 4.02. The molecule has 0 aromatic heterocycles. The highest BCUT2D eigenvalue weighted by atomic mass is 14.8. The number of rotatable bonds is 5. The molecular weight excluding hydrogens is 110 g/mol. The van der Waals surface area contributed by atoms with Crippen LogP contribution in [0.25, 0.3) is 0 Å². The van der Waals surface area contributed by atoms with Gasteiger partial charge in [0.15, 0.2) is 0 Å². The Hall–Kier alpha value is -0.0400. The van der Waals surface area contributed by atoms with Gasteiger partial charge in [0.2, 0.25) is 0 Å². The zero-order chi connectivity index (χ0) is 7.11. The second-order valence-corrected chi connectivity index (χ2v) is 2.72. The molecule has 0 rings (SSSR count). The van der Waals surface area contributed by atoms with Gasteiger partial charge in [-0.1, -0.05) is 27.2 Å². The van der Waals surface area contributed by atoms with Crippen LogP contribution in [-0.2, 0) is 0 Å². The van der Waals surface area contributed by atoms with Crippen molar-refractivity contribution in [2.24, 2.45) is 5.92 Å². The molecule has 0 radical (unpaired) electrons. The van der Waals surface area contributed by atoms with Gasteiger partial charge in [0.05, 0.1) is 0 Å². The number of hydrogen-bond acceptors (Lipinski definition) is 1. The van der Waals surface area contributed by atoms with Crippen molar-refractivity contribution in [3.63, 3.8) is 0 Å². The van der Waals surface area contributed by atoms with Gasteiger partial charge in [0.25, 0.3) is 0 Å². The Bertz CT molecular complexity index is 52.5. The Morgan fingerprint density at radius 1 is 1.33 bits per heavy atom. The smallest absolute Gasteiger partial charge is 0.00233 e. The highest BCUT2D eigenvalue weighted by Crippen LogP contribution is 1.96. The predicted octanol–water partition coefficient (Wildman–Crippen LogP) is 2.03. The molecule has 56 valence electrons. The fourth-order valence-corrected chi connectivity index (χ4v) is 0.670. The second-order valence-electron chi connectivity index (χ2n) is 2.72. The van der Waals surface area contributed by atoms with E-state index in [2.05, 4.69) is 26.1 Å². The lowest BCUT2D eigenvalue weighted by atomic mass is 10.1. The van der Waals surface area contributed by atoms with Gasteiger partial charge in [-0.2, -0.15) is 0 Å². The molecule has 0 heterocycles. The van der Waals surface area contributed by atoms with Crippen molar-refractivity contribution in [2.75, 3.05) is 13.1 Å². The third kappa shape index (κ3) is 5.84. The fourth-order valence-electron chi connectivity index (χ4n) is 0.670. The first-order valence-corrected chi connectivity index (χ1v) is 4.02. The summed E-state index contributed by atoms with van der Waals surface area (Å²) in [7, 11) is 0. The number of hydrogen-bond donors (Lipinski definition) is 1. The molecule has 0 amide bonds. The summed E-state index contributed by atoms with van der Waals surface area (Å²) >= 11 is 0. The Kier molecular flexibility index (Phi) is 6.06. The first-order chi connectivity index (χ1) is 4.31. The van der Waals surface area contributed by atoms with Gasteiger partial charge in [-0.3, -0.25) is 0 Å². The van der Waals surface area contributed by atoms with E-state index in [-0.39, 0.29) is 0 Å². The normalized spacial score (nSPS) is 13.7. The van der Waals surface area contributed by atoms with Crippen molar-refractivity contribution in [2.45, 2.75) is 33.6 Å². The molecule has 0 aliphatic carbocycles. The summed E-state index contributed by atoms with van der Waals surface area (Å²) in [6.45, 7) is 9.07. The van der Waals surface area contributed by atoms with Crippen molar-refractivity contribution in [3.8, 4) is 0 Å². The second kappa shape index (κ2) is 6.09. The summed E-state index contributed by atoms with van der Waals surface area (Å²) in [5, 5.41) is 3.39. The van der Waals surface area contributed by atoms with Crippen LogP contribution >= 0.6 is 0 Å². The Labute approximate surface area is 58.8 Å². The third-order valence-electron chi connectivity index (χ3n) is 1.62. The van der Waals surface area contributed by atoms with E-state index < -0.39 is 0 Å². The van der Waals surface area contributed by atoms with E-state index in [1.165, 1.54) is 25.9 Å². The van der Waals surface area contributed by atoms with E-state index in [1.54, 1.807) is 0 Å². The molecule has 1 nitrogen and oxygen atoms in total. The molecule has 0 aliphatic rings. The molecule has 0 saturated heterocycles. The van der Waals surface area contributed by atoms with Gasteiger partial charge < -0.3 is 5.32 Å². The molecule has 1 N–H and O–H groups in total. The van der Waals surface area contributed by atoms with E-state index >= 15 is 0 Å². The van der Waals surface area contributed by atoms with Gasteiger partial charge in [-0.15, -0.1) is 0 Å². The molecule has 0 unspecified atom stereocenters. The Balaban J connectivity index is 2.88. The molecule has 0 aromatic rings. The Morgan fingerprint density at radius 3 is 2.44 bits per heavy atom. The van der Waals surface area contributed by atoms with Gasteiger partial charge in [0.1, 0.15) is 0 Å². The summed E-state index contributed by atoms with van der Waals surface area (Å²) in [6, 6.07) is 0. The highest BCUT2D eigenvalue weighted by molar-refractivity contribution is 4.52. The van der Waals surface area contributed by atoms with E-state index in [0.29, 0.717) is 0 Å². The highest BCUT2D eigenvalue weighted by Gasteiger charge is 1.94. The van der Waals surface area contributed by atoms with Gasteiger partial charge in [-0.25, -0.2) is 0 Å². The van der Waals surface area contributed by atoms with E-state index in [4.69, 9.17) is 0 Å². The van der Waals surface area contributed by atoms with Crippen LogP contribution in [0, 0.1) is 5.92 Å². The van der Waals surface area contributed by atoms with Gasteiger partial charge >= 0.3 is 0 Å². The molecular formula is C8H19N. The fraction of sp³-hybridized carbons (Fsp3) is 1.00. The maximum absolute atomic E-state index is 3.39. The van der Waals surface area contributed by atoms with E-state index in [9.17, 15) is 0 Å². The quantitative estimate of drug-likeness (QED) is 0.560. The average Bonchev–Trinajstić information content (AvgIpc) is 1.89. The maximum Gasteiger partial charge on any atom is -0.00233 e. The molecule has 0 fully saturated rings. The minimum absolute atomic E-state index is 0.844. The van der Waals surface area contributed by atoms with Crippen molar-refractivity contribution in [1.29, 1.82) is 0 Å². The van der Waals surface area contributed by atoms with Crippen LogP contribution in [0.5, 0.6) is 0 Å². The van der Waals surface area contributed by atoms with Gasteiger partial charge in [0, 0.05) is 0 Å². The maximum atomic E-state index is 3.39. The van der Waals surface area contributed by atoms with Crippen molar-refractivity contribution < 1.29 is 0 Å². The monoisotopic (exact) mass is 129 g/mol. The molecule has 0 aromatic carbocycles. The zero-order valence-corrected chi connectivity index (χ0v) is 6.91. The molecule has 1 atom stereocenters. The van der Waals surface area contributed by atoms with Crippen molar-refractivity contribution >= 4 is 0 Å². The average molecular weight is 129 g/mol. The topological polar surface area (TPSA) is 12.0 Å². The predicted molar refractivity (Wildman–Crippen MR) is 42.6 cm³/mol. The van der Waals surface area contributed by atoms with Crippen molar-refractivity contribution in [1.82, 2.24) is 5.32 Å². The minimum Gasteiger partial charge on any atom is -0.316 e. The summed E-state index contributed by atoms with van der Waals surface area (Å²) in [5.41, 5.74) is 0. The van der Waals surface area contributed by atoms with Crippen LogP contribution in [-0.4, -0.2) is 13.1 Å². The van der Waals surface area contributed by atoms with E-state index in [0.717, 1.165) is 5.92 Å². The zero-order valence-electron chi connectivity index (χ0n) is 6.91. The SMILES string of the molecule is CCCNC[C@H](C)CC.